The van der Waals surface area contributed by atoms with Crippen molar-refractivity contribution in [3.8, 4) is 11.4 Å². The van der Waals surface area contributed by atoms with Crippen LogP contribution >= 0.6 is 0 Å². The van der Waals surface area contributed by atoms with E-state index in [0.717, 1.165) is 36.2 Å². The van der Waals surface area contributed by atoms with Crippen molar-refractivity contribution in [2.24, 2.45) is 0 Å². The zero-order valence-corrected chi connectivity index (χ0v) is 18.0. The van der Waals surface area contributed by atoms with Crippen LogP contribution in [0.4, 0.5) is 23.2 Å². The number of anilines is 1. The topological polar surface area (TPSA) is 76.5 Å². The predicted molar refractivity (Wildman–Crippen MR) is 114 cm³/mol. The van der Waals surface area contributed by atoms with Crippen LogP contribution in [-0.2, 0) is 17.6 Å². The van der Waals surface area contributed by atoms with Gasteiger partial charge in [-0.25, -0.2) is 9.07 Å². The van der Waals surface area contributed by atoms with Crippen molar-refractivity contribution in [2.75, 3.05) is 18.9 Å². The van der Waals surface area contributed by atoms with E-state index in [9.17, 15) is 27.2 Å². The summed E-state index contributed by atoms with van der Waals surface area (Å²) in [6.07, 6.45) is -2.56. The van der Waals surface area contributed by atoms with Crippen molar-refractivity contribution in [1.82, 2.24) is 14.7 Å². The highest BCUT2D eigenvalue weighted by molar-refractivity contribution is 5.99. The summed E-state index contributed by atoms with van der Waals surface area (Å²) in [7, 11) is 1.46. The second-order valence-electron chi connectivity index (χ2n) is 7.80. The molecule has 1 aliphatic carbocycles. The lowest BCUT2D eigenvalue weighted by molar-refractivity contribution is -0.274. The Kier molecular flexibility index (Phi) is 6.27. The zero-order valence-electron chi connectivity index (χ0n) is 18.0. The van der Waals surface area contributed by atoms with Crippen LogP contribution in [0.25, 0.3) is 5.69 Å². The van der Waals surface area contributed by atoms with E-state index in [1.807, 2.05) is 0 Å². The van der Waals surface area contributed by atoms with Crippen molar-refractivity contribution in [1.29, 1.82) is 0 Å². The maximum atomic E-state index is 13.3. The number of fused-ring (bicyclic) bond motifs is 1. The van der Waals surface area contributed by atoms with Crippen LogP contribution < -0.4 is 10.1 Å². The maximum absolute atomic E-state index is 13.3. The minimum absolute atomic E-state index is 0.237. The summed E-state index contributed by atoms with van der Waals surface area (Å²) in [6.45, 7) is -0.294. The summed E-state index contributed by atoms with van der Waals surface area (Å²) < 4.78 is 55.5. The van der Waals surface area contributed by atoms with E-state index in [-0.39, 0.29) is 23.7 Å². The van der Waals surface area contributed by atoms with Crippen LogP contribution in [-0.4, -0.2) is 46.4 Å². The molecule has 7 nitrogen and oxygen atoms in total. The first-order chi connectivity index (χ1) is 16.1. The van der Waals surface area contributed by atoms with Crippen molar-refractivity contribution in [3.63, 3.8) is 0 Å². The quantitative estimate of drug-likeness (QED) is 0.544. The molecule has 3 aromatic rings. The highest BCUT2D eigenvalue weighted by Crippen LogP contribution is 2.29. The molecular formula is C23H20F4N4O3. The molecule has 1 aromatic heterocycles. The lowest BCUT2D eigenvalue weighted by atomic mass is 10.2. The van der Waals surface area contributed by atoms with Gasteiger partial charge in [0.1, 0.15) is 11.6 Å². The highest BCUT2D eigenvalue weighted by atomic mass is 19.4. The van der Waals surface area contributed by atoms with E-state index in [0.29, 0.717) is 12.1 Å². The molecule has 2 aromatic carbocycles. The lowest BCUT2D eigenvalue weighted by Crippen LogP contribution is -2.35. The number of hydrogen-bond acceptors (Lipinski definition) is 4. The van der Waals surface area contributed by atoms with Crippen LogP contribution in [0.3, 0.4) is 0 Å². The summed E-state index contributed by atoms with van der Waals surface area (Å²) in [4.78, 5) is 26.7. The number of hydrogen-bond donors (Lipinski definition) is 1. The van der Waals surface area contributed by atoms with Crippen molar-refractivity contribution in [2.45, 2.75) is 25.6 Å². The fourth-order valence-corrected chi connectivity index (χ4v) is 3.81. The van der Waals surface area contributed by atoms with Gasteiger partial charge in [0.15, 0.2) is 5.69 Å². The second-order valence-corrected chi connectivity index (χ2v) is 7.80. The first-order valence-corrected chi connectivity index (χ1v) is 10.4. The molecule has 0 saturated carbocycles. The van der Waals surface area contributed by atoms with Gasteiger partial charge in [0, 0.05) is 24.0 Å². The molecule has 1 aliphatic rings. The van der Waals surface area contributed by atoms with E-state index < -0.39 is 23.9 Å². The number of rotatable bonds is 6. The molecule has 1 N–H and O–H groups in total. The van der Waals surface area contributed by atoms with Gasteiger partial charge >= 0.3 is 6.36 Å². The van der Waals surface area contributed by atoms with Gasteiger partial charge in [-0.15, -0.1) is 13.2 Å². The van der Waals surface area contributed by atoms with Crippen LogP contribution in [0.2, 0.25) is 0 Å². The lowest BCUT2D eigenvalue weighted by Gasteiger charge is -2.16. The number of aromatic nitrogens is 2. The number of carbonyl (C=O) groups excluding carboxylic acids is 2. The van der Waals surface area contributed by atoms with Gasteiger partial charge in [0.2, 0.25) is 5.91 Å². The number of ether oxygens (including phenoxy) is 1. The Morgan fingerprint density at radius 1 is 1.09 bits per heavy atom. The summed E-state index contributed by atoms with van der Waals surface area (Å²) in [5, 5.41) is 6.98. The predicted octanol–water partition coefficient (Wildman–Crippen LogP) is 4.11. The summed E-state index contributed by atoms with van der Waals surface area (Å²) >= 11 is 0. The third-order valence-corrected chi connectivity index (χ3v) is 5.30. The first kappa shape index (κ1) is 23.3. The molecule has 0 bridgehead atoms. The summed E-state index contributed by atoms with van der Waals surface area (Å²) in [5.41, 5.74) is 2.82. The molecule has 178 valence electrons. The van der Waals surface area contributed by atoms with E-state index in [4.69, 9.17) is 0 Å². The average Bonchev–Trinajstić information content (AvgIpc) is 3.37. The fraction of sp³-hybridized carbons (Fsp3) is 0.261. The van der Waals surface area contributed by atoms with E-state index in [1.54, 1.807) is 16.8 Å². The second kappa shape index (κ2) is 9.16. The number of carbonyl (C=O) groups is 2. The van der Waals surface area contributed by atoms with Crippen LogP contribution in [0.15, 0.2) is 48.5 Å². The average molecular weight is 476 g/mol. The molecule has 0 spiro atoms. The van der Waals surface area contributed by atoms with Gasteiger partial charge in [0.05, 0.1) is 12.2 Å². The minimum Gasteiger partial charge on any atom is -0.406 e. The minimum atomic E-state index is -4.81. The molecule has 34 heavy (non-hydrogen) atoms. The smallest absolute Gasteiger partial charge is 0.406 e. The molecule has 11 heteroatoms. The molecule has 0 radical (unpaired) electrons. The van der Waals surface area contributed by atoms with Gasteiger partial charge in [-0.1, -0.05) is 0 Å². The Balaban J connectivity index is 1.43. The van der Waals surface area contributed by atoms with Crippen LogP contribution in [0, 0.1) is 5.82 Å². The first-order valence-electron chi connectivity index (χ1n) is 10.4. The number of likely N-dealkylation sites (N-methyl/N-ethyl adjacent to an activating group) is 1. The zero-order chi connectivity index (χ0) is 24.5. The normalized spacial score (nSPS) is 12.9. The van der Waals surface area contributed by atoms with Gasteiger partial charge in [-0.3, -0.25) is 9.59 Å². The number of benzene rings is 2. The Morgan fingerprint density at radius 3 is 2.41 bits per heavy atom. The highest BCUT2D eigenvalue weighted by Gasteiger charge is 2.31. The standard InChI is InChI=1S/C23H20F4N4O3/c1-30(13-20(32)28-15-7-11-17(12-8-15)34-23(25,26)27)22(33)21-18-3-2-4-19(18)31(29-21)16-9-5-14(24)6-10-16/h5-12H,2-4,13H2,1H3,(H,28,32). The number of halogens is 4. The Hall–Kier alpha value is -3.89. The fourth-order valence-electron chi connectivity index (χ4n) is 3.81. The van der Waals surface area contributed by atoms with Gasteiger partial charge in [-0.2, -0.15) is 5.10 Å². The summed E-state index contributed by atoms with van der Waals surface area (Å²) in [5.74, 6) is -1.77. The maximum Gasteiger partial charge on any atom is 0.573 e. The molecular weight excluding hydrogens is 456 g/mol. The van der Waals surface area contributed by atoms with Crippen molar-refractivity contribution < 1.29 is 31.9 Å². The van der Waals surface area contributed by atoms with E-state index >= 15 is 0 Å². The van der Waals surface area contributed by atoms with Crippen LogP contribution in [0.1, 0.15) is 28.2 Å². The Labute approximate surface area is 191 Å². The van der Waals surface area contributed by atoms with Crippen molar-refractivity contribution in [3.05, 3.63) is 71.3 Å². The van der Waals surface area contributed by atoms with Gasteiger partial charge in [-0.05, 0) is 67.8 Å². The third-order valence-electron chi connectivity index (χ3n) is 5.30. The molecule has 0 fully saturated rings. The molecule has 0 saturated heterocycles. The van der Waals surface area contributed by atoms with E-state index in [2.05, 4.69) is 15.2 Å². The van der Waals surface area contributed by atoms with Gasteiger partial charge < -0.3 is 15.0 Å². The molecule has 1 heterocycles. The molecule has 0 aliphatic heterocycles. The SMILES string of the molecule is CN(CC(=O)Nc1ccc(OC(F)(F)F)cc1)C(=O)c1nn(-c2ccc(F)cc2)c2c1CCC2. The van der Waals surface area contributed by atoms with Crippen LogP contribution in [0.5, 0.6) is 5.75 Å². The number of nitrogens with zero attached hydrogens (tertiary/aromatic N) is 3. The molecule has 0 unspecified atom stereocenters. The van der Waals surface area contributed by atoms with Crippen molar-refractivity contribution >= 4 is 17.5 Å². The summed E-state index contributed by atoms with van der Waals surface area (Å²) in [6, 6.07) is 10.5. The third kappa shape index (κ3) is 5.19. The van der Waals surface area contributed by atoms with E-state index in [1.165, 1.54) is 36.2 Å². The number of nitrogens with one attached hydrogen (secondary N) is 1. The number of alkyl halides is 3. The number of amides is 2. The van der Waals surface area contributed by atoms with Gasteiger partial charge in [0.25, 0.3) is 5.91 Å². The molecule has 2 amide bonds. The molecule has 4 rings (SSSR count). The Morgan fingerprint density at radius 2 is 1.76 bits per heavy atom. The molecule has 0 atom stereocenters. The largest absolute Gasteiger partial charge is 0.573 e. The Bertz CT molecular complexity index is 1200. The monoisotopic (exact) mass is 476 g/mol.